The predicted molar refractivity (Wildman–Crippen MR) is 83.6 cm³/mol. The minimum Gasteiger partial charge on any atom is -0.481 e. The number of carbonyl (C=O) groups is 1. The lowest BCUT2D eigenvalue weighted by Gasteiger charge is -2.19. The lowest BCUT2D eigenvalue weighted by Crippen LogP contribution is -2.26. The molecule has 0 aromatic carbocycles. The Morgan fingerprint density at radius 3 is 2.95 bits per heavy atom. The number of carboxylic acids is 1. The molecule has 2 heterocycles. The fourth-order valence-corrected chi connectivity index (χ4v) is 4.47. The van der Waals surface area contributed by atoms with E-state index in [-0.39, 0.29) is 12.2 Å². The van der Waals surface area contributed by atoms with Crippen molar-refractivity contribution in [1.29, 1.82) is 0 Å². The zero-order valence-electron chi connectivity index (χ0n) is 12.3. The second-order valence-electron chi connectivity index (χ2n) is 5.60. The van der Waals surface area contributed by atoms with E-state index in [0.717, 1.165) is 17.7 Å². The minimum absolute atomic E-state index is 0.00339. The Labute approximate surface area is 131 Å². The van der Waals surface area contributed by atoms with Crippen LogP contribution in [0.5, 0.6) is 0 Å². The molecule has 7 heteroatoms. The van der Waals surface area contributed by atoms with E-state index in [1.807, 2.05) is 0 Å². The van der Waals surface area contributed by atoms with Crippen LogP contribution in [0, 0.1) is 6.92 Å². The van der Waals surface area contributed by atoms with Crippen molar-refractivity contribution in [3.05, 3.63) is 26.6 Å². The van der Waals surface area contributed by atoms with Gasteiger partial charge in [-0.15, -0.1) is 11.3 Å². The summed E-state index contributed by atoms with van der Waals surface area (Å²) in [6.07, 6.45) is 2.69. The molecule has 2 aromatic rings. The number of aliphatic hydroxyl groups is 1. The summed E-state index contributed by atoms with van der Waals surface area (Å²) in [5, 5.41) is 18.9. The molecule has 0 amide bonds. The second kappa shape index (κ2) is 5.81. The molecule has 0 saturated heterocycles. The number of rotatable bonds is 4. The zero-order valence-corrected chi connectivity index (χ0v) is 13.2. The summed E-state index contributed by atoms with van der Waals surface area (Å²) < 4.78 is 1.54. The molecule has 3 rings (SSSR count). The fourth-order valence-electron chi connectivity index (χ4n) is 3.16. The number of aliphatic carboxylic acids is 1. The molecular formula is C15H18N2O4S. The first-order valence-electron chi connectivity index (χ1n) is 7.41. The van der Waals surface area contributed by atoms with E-state index in [1.54, 1.807) is 11.5 Å². The highest BCUT2D eigenvalue weighted by molar-refractivity contribution is 7.18. The molecule has 1 aliphatic rings. The standard InChI is InChI=1S/C15H18N2O4S/c1-8-16-13-12(14(19)17(8)6-3-7-18)11-9(15(20)21)4-2-5-10(11)22-13/h9,18H,2-7H2,1H3,(H,20,21). The van der Waals surface area contributed by atoms with Crippen LogP contribution in [-0.4, -0.2) is 32.3 Å². The van der Waals surface area contributed by atoms with Gasteiger partial charge in [-0.3, -0.25) is 14.2 Å². The largest absolute Gasteiger partial charge is 0.481 e. The average molecular weight is 322 g/mol. The zero-order chi connectivity index (χ0) is 15.9. The molecule has 0 bridgehead atoms. The maximum atomic E-state index is 12.8. The van der Waals surface area contributed by atoms with Gasteiger partial charge in [0.25, 0.3) is 5.56 Å². The second-order valence-corrected chi connectivity index (χ2v) is 6.68. The number of aromatic nitrogens is 2. The van der Waals surface area contributed by atoms with E-state index in [0.29, 0.717) is 41.0 Å². The van der Waals surface area contributed by atoms with E-state index in [1.165, 1.54) is 11.3 Å². The average Bonchev–Trinajstić information content (AvgIpc) is 2.84. The third-order valence-electron chi connectivity index (χ3n) is 4.20. The number of fused-ring (bicyclic) bond motifs is 3. The van der Waals surface area contributed by atoms with Crippen molar-refractivity contribution in [3.63, 3.8) is 0 Å². The third-order valence-corrected chi connectivity index (χ3v) is 5.36. The van der Waals surface area contributed by atoms with Crippen molar-refractivity contribution in [1.82, 2.24) is 9.55 Å². The molecule has 118 valence electrons. The summed E-state index contributed by atoms with van der Waals surface area (Å²) in [7, 11) is 0. The summed E-state index contributed by atoms with van der Waals surface area (Å²) in [5.74, 6) is -0.875. The van der Waals surface area contributed by atoms with Crippen molar-refractivity contribution in [2.24, 2.45) is 0 Å². The lowest BCUT2D eigenvalue weighted by molar-refractivity contribution is -0.139. The van der Waals surface area contributed by atoms with Gasteiger partial charge in [0.05, 0.1) is 11.3 Å². The SMILES string of the molecule is Cc1nc2sc3c(c2c(=O)n1CCCO)C(C(=O)O)CCC3. The Morgan fingerprint density at radius 1 is 1.50 bits per heavy atom. The Kier molecular flexibility index (Phi) is 4.01. The summed E-state index contributed by atoms with van der Waals surface area (Å²) in [6, 6.07) is 0. The molecule has 22 heavy (non-hydrogen) atoms. The molecule has 6 nitrogen and oxygen atoms in total. The lowest BCUT2D eigenvalue weighted by atomic mass is 9.86. The van der Waals surface area contributed by atoms with Gasteiger partial charge in [-0.05, 0) is 38.2 Å². The molecule has 0 radical (unpaired) electrons. The highest BCUT2D eigenvalue weighted by Crippen LogP contribution is 2.40. The fraction of sp³-hybridized carbons (Fsp3) is 0.533. The molecule has 0 fully saturated rings. The van der Waals surface area contributed by atoms with Crippen molar-refractivity contribution in [2.75, 3.05) is 6.61 Å². The Balaban J connectivity index is 2.26. The number of aryl methyl sites for hydroxylation is 2. The van der Waals surface area contributed by atoms with E-state index >= 15 is 0 Å². The third kappa shape index (κ3) is 2.34. The van der Waals surface area contributed by atoms with Gasteiger partial charge in [0.1, 0.15) is 10.7 Å². The maximum Gasteiger partial charge on any atom is 0.311 e. The van der Waals surface area contributed by atoms with Crippen LogP contribution >= 0.6 is 11.3 Å². The molecule has 1 atom stereocenters. The number of thiophene rings is 1. The highest BCUT2D eigenvalue weighted by Gasteiger charge is 2.32. The number of carboxylic acid groups (broad SMARTS) is 1. The Morgan fingerprint density at radius 2 is 2.27 bits per heavy atom. The molecule has 0 aliphatic heterocycles. The van der Waals surface area contributed by atoms with Gasteiger partial charge in [0, 0.05) is 18.0 Å². The number of hydrogen-bond donors (Lipinski definition) is 2. The van der Waals surface area contributed by atoms with Crippen LogP contribution in [0.3, 0.4) is 0 Å². The van der Waals surface area contributed by atoms with Crippen LogP contribution in [0.25, 0.3) is 10.2 Å². The van der Waals surface area contributed by atoms with Crippen LogP contribution in [0.4, 0.5) is 0 Å². The summed E-state index contributed by atoms with van der Waals surface area (Å²) >= 11 is 1.44. The molecule has 0 saturated carbocycles. The van der Waals surface area contributed by atoms with Gasteiger partial charge in [-0.2, -0.15) is 0 Å². The number of hydrogen-bond acceptors (Lipinski definition) is 5. The van der Waals surface area contributed by atoms with Crippen molar-refractivity contribution in [2.45, 2.75) is 45.1 Å². The van der Waals surface area contributed by atoms with Crippen molar-refractivity contribution < 1.29 is 15.0 Å². The molecule has 2 aromatic heterocycles. The molecule has 2 N–H and O–H groups in total. The van der Waals surface area contributed by atoms with Crippen LogP contribution in [-0.2, 0) is 17.8 Å². The Bertz CT molecular complexity index is 793. The first kappa shape index (κ1) is 15.2. The molecule has 0 spiro atoms. The van der Waals surface area contributed by atoms with Crippen LogP contribution in [0.2, 0.25) is 0 Å². The summed E-state index contributed by atoms with van der Waals surface area (Å²) in [6.45, 7) is 2.17. The monoisotopic (exact) mass is 322 g/mol. The van der Waals surface area contributed by atoms with E-state index in [2.05, 4.69) is 4.98 Å². The first-order chi connectivity index (χ1) is 10.5. The minimum atomic E-state index is -0.873. The van der Waals surface area contributed by atoms with Crippen LogP contribution < -0.4 is 5.56 Å². The molecule has 1 unspecified atom stereocenters. The topological polar surface area (TPSA) is 92.4 Å². The van der Waals surface area contributed by atoms with Crippen molar-refractivity contribution in [3.8, 4) is 0 Å². The van der Waals surface area contributed by atoms with Gasteiger partial charge in [-0.25, -0.2) is 4.98 Å². The Hall–Kier alpha value is -1.73. The van der Waals surface area contributed by atoms with Gasteiger partial charge < -0.3 is 10.2 Å². The molecule has 1 aliphatic carbocycles. The van der Waals surface area contributed by atoms with Crippen LogP contribution in [0.1, 0.15) is 41.4 Å². The molecular weight excluding hydrogens is 304 g/mol. The maximum absolute atomic E-state index is 12.8. The summed E-state index contributed by atoms with van der Waals surface area (Å²) in [5.41, 5.74) is 0.496. The smallest absolute Gasteiger partial charge is 0.311 e. The van der Waals surface area contributed by atoms with E-state index in [4.69, 9.17) is 5.11 Å². The van der Waals surface area contributed by atoms with Gasteiger partial charge in [0.15, 0.2) is 0 Å². The summed E-state index contributed by atoms with van der Waals surface area (Å²) in [4.78, 5) is 30.5. The highest BCUT2D eigenvalue weighted by atomic mass is 32.1. The van der Waals surface area contributed by atoms with Gasteiger partial charge in [0.2, 0.25) is 0 Å². The quantitative estimate of drug-likeness (QED) is 0.893. The van der Waals surface area contributed by atoms with E-state index < -0.39 is 11.9 Å². The van der Waals surface area contributed by atoms with Gasteiger partial charge >= 0.3 is 5.97 Å². The normalized spacial score (nSPS) is 17.6. The van der Waals surface area contributed by atoms with Crippen molar-refractivity contribution >= 4 is 27.5 Å². The number of aliphatic hydroxyl groups excluding tert-OH is 1. The number of nitrogens with zero attached hydrogens (tertiary/aromatic N) is 2. The van der Waals surface area contributed by atoms with E-state index in [9.17, 15) is 14.7 Å². The van der Waals surface area contributed by atoms with Crippen LogP contribution in [0.15, 0.2) is 4.79 Å². The predicted octanol–water partition coefficient (Wildman–Crippen LogP) is 1.65. The first-order valence-corrected chi connectivity index (χ1v) is 8.22. The van der Waals surface area contributed by atoms with Gasteiger partial charge in [-0.1, -0.05) is 0 Å².